The Hall–Kier alpha value is -2.28. The summed E-state index contributed by atoms with van der Waals surface area (Å²) in [6.07, 6.45) is 7.55. The number of amides is 1. The van der Waals surface area contributed by atoms with Gasteiger partial charge >= 0.3 is 0 Å². The van der Waals surface area contributed by atoms with Crippen molar-refractivity contribution in [2.75, 3.05) is 19.6 Å². The molecule has 0 radical (unpaired) electrons. The lowest BCUT2D eigenvalue weighted by Crippen LogP contribution is -2.48. The summed E-state index contributed by atoms with van der Waals surface area (Å²) in [5, 5.41) is 24.1. The molecule has 2 fully saturated rings. The molecule has 0 unspecified atom stereocenters. The number of hydrogen-bond donors (Lipinski definition) is 3. The van der Waals surface area contributed by atoms with E-state index in [2.05, 4.69) is 27.3 Å². The van der Waals surface area contributed by atoms with E-state index in [-0.39, 0.29) is 23.5 Å². The fourth-order valence-corrected chi connectivity index (χ4v) is 5.39. The molecule has 1 aliphatic carbocycles. The van der Waals surface area contributed by atoms with Crippen molar-refractivity contribution in [3.05, 3.63) is 65.5 Å². The molecule has 1 aromatic heterocycles. The van der Waals surface area contributed by atoms with Crippen molar-refractivity contribution in [1.29, 1.82) is 0 Å². The number of nitrogens with one attached hydrogen (secondary N) is 1. The number of aliphatic hydroxyl groups excluding tert-OH is 2. The zero-order valence-electron chi connectivity index (χ0n) is 18.9. The van der Waals surface area contributed by atoms with Crippen LogP contribution in [0.15, 0.2) is 48.8 Å². The molecule has 2 heterocycles. The van der Waals surface area contributed by atoms with E-state index in [1.165, 1.54) is 5.56 Å². The maximum atomic E-state index is 12.9. The molecule has 1 saturated carbocycles. The van der Waals surface area contributed by atoms with E-state index in [0.717, 1.165) is 50.8 Å². The monoisotopic (exact) mass is 437 g/mol. The number of benzene rings is 1. The standard InChI is InChI=1S/C26H35N3O3/c1-19-15-20(17-27-16-19)25(32)28-18-26(21-5-3-2-4-6-21)11-7-23(24(31)8-12-26)29-13-9-22(30)10-14-29/h2-6,15-17,22-24,30-31H,7-14,18H2,1H3,(H,28,32)/t23-,24-,26-/m0/s1. The van der Waals surface area contributed by atoms with Crippen LogP contribution in [0.1, 0.15) is 60.0 Å². The van der Waals surface area contributed by atoms with Gasteiger partial charge in [-0.05, 0) is 62.6 Å². The molecule has 2 aliphatic rings. The minimum absolute atomic E-state index is 0.102. The smallest absolute Gasteiger partial charge is 0.252 e. The van der Waals surface area contributed by atoms with E-state index in [4.69, 9.17) is 0 Å². The van der Waals surface area contributed by atoms with E-state index < -0.39 is 6.10 Å². The number of aryl methyl sites for hydroxylation is 1. The third-order valence-corrected chi connectivity index (χ3v) is 7.36. The number of piperidine rings is 1. The fraction of sp³-hybridized carbons (Fsp3) is 0.538. The Kier molecular flexibility index (Phi) is 7.23. The third kappa shape index (κ3) is 5.20. The quantitative estimate of drug-likeness (QED) is 0.627. The van der Waals surface area contributed by atoms with Gasteiger partial charge in [0.1, 0.15) is 0 Å². The minimum Gasteiger partial charge on any atom is -0.393 e. The van der Waals surface area contributed by atoms with E-state index in [0.29, 0.717) is 18.5 Å². The predicted molar refractivity (Wildman–Crippen MR) is 125 cm³/mol. The molecule has 1 aromatic carbocycles. The van der Waals surface area contributed by atoms with Crippen molar-refractivity contribution in [3.8, 4) is 0 Å². The van der Waals surface area contributed by atoms with E-state index in [9.17, 15) is 15.0 Å². The zero-order chi connectivity index (χ0) is 22.6. The average Bonchev–Trinajstić information content (AvgIpc) is 2.98. The first-order chi connectivity index (χ1) is 15.5. The lowest BCUT2D eigenvalue weighted by Gasteiger charge is -2.38. The number of rotatable bonds is 5. The number of carbonyl (C=O) groups is 1. The molecule has 172 valence electrons. The maximum Gasteiger partial charge on any atom is 0.252 e. The second kappa shape index (κ2) is 10.1. The highest BCUT2D eigenvalue weighted by atomic mass is 16.3. The lowest BCUT2D eigenvalue weighted by atomic mass is 9.74. The molecule has 4 rings (SSSR count). The molecule has 2 aromatic rings. The van der Waals surface area contributed by atoms with Gasteiger partial charge in [0.15, 0.2) is 0 Å². The predicted octanol–water partition coefficient (Wildman–Crippen LogP) is 2.82. The molecular weight excluding hydrogens is 402 g/mol. The van der Waals surface area contributed by atoms with Crippen molar-refractivity contribution in [2.45, 2.75) is 69.1 Å². The van der Waals surface area contributed by atoms with Crippen molar-refractivity contribution in [1.82, 2.24) is 15.2 Å². The number of aromatic nitrogens is 1. The number of likely N-dealkylation sites (tertiary alicyclic amines) is 1. The molecule has 3 N–H and O–H groups in total. The largest absolute Gasteiger partial charge is 0.393 e. The van der Waals surface area contributed by atoms with E-state index in [1.807, 2.05) is 31.2 Å². The summed E-state index contributed by atoms with van der Waals surface area (Å²) >= 11 is 0. The van der Waals surface area contributed by atoms with Crippen LogP contribution in [0.25, 0.3) is 0 Å². The van der Waals surface area contributed by atoms with Gasteiger partial charge < -0.3 is 15.5 Å². The highest BCUT2D eigenvalue weighted by molar-refractivity contribution is 5.94. The summed E-state index contributed by atoms with van der Waals surface area (Å²) in [4.78, 5) is 19.4. The second-order valence-electron chi connectivity index (χ2n) is 9.56. The van der Waals surface area contributed by atoms with Gasteiger partial charge in [-0.1, -0.05) is 30.3 Å². The number of hydrogen-bond acceptors (Lipinski definition) is 5. The van der Waals surface area contributed by atoms with E-state index >= 15 is 0 Å². The summed E-state index contributed by atoms with van der Waals surface area (Å²) in [6.45, 7) is 4.13. The molecule has 32 heavy (non-hydrogen) atoms. The van der Waals surface area contributed by atoms with Crippen LogP contribution >= 0.6 is 0 Å². The van der Waals surface area contributed by atoms with Crippen molar-refractivity contribution >= 4 is 5.91 Å². The average molecular weight is 438 g/mol. The summed E-state index contributed by atoms with van der Waals surface area (Å²) in [5.41, 5.74) is 2.53. The molecule has 3 atom stereocenters. The van der Waals surface area contributed by atoms with Crippen molar-refractivity contribution < 1.29 is 15.0 Å². The van der Waals surface area contributed by atoms with Crippen LogP contribution in [0.3, 0.4) is 0 Å². The number of nitrogens with zero attached hydrogens (tertiary/aromatic N) is 2. The molecule has 1 saturated heterocycles. The Morgan fingerprint density at radius 1 is 1.09 bits per heavy atom. The number of carbonyl (C=O) groups excluding carboxylic acids is 1. The second-order valence-corrected chi connectivity index (χ2v) is 9.56. The highest BCUT2D eigenvalue weighted by Gasteiger charge is 2.40. The van der Waals surface area contributed by atoms with Gasteiger partial charge in [-0.2, -0.15) is 0 Å². The summed E-state index contributed by atoms with van der Waals surface area (Å²) in [7, 11) is 0. The van der Waals surface area contributed by atoms with Gasteiger partial charge in [0.2, 0.25) is 0 Å². The van der Waals surface area contributed by atoms with Gasteiger partial charge in [0, 0.05) is 43.5 Å². The Bertz CT molecular complexity index is 898. The first-order valence-electron chi connectivity index (χ1n) is 11.8. The Morgan fingerprint density at radius 2 is 1.81 bits per heavy atom. The Labute approximate surface area is 190 Å². The molecule has 0 bridgehead atoms. The first-order valence-corrected chi connectivity index (χ1v) is 11.8. The van der Waals surface area contributed by atoms with Gasteiger partial charge in [-0.25, -0.2) is 0 Å². The van der Waals surface area contributed by atoms with Crippen LogP contribution in [-0.2, 0) is 5.41 Å². The van der Waals surface area contributed by atoms with Crippen LogP contribution in [-0.4, -0.2) is 63.9 Å². The van der Waals surface area contributed by atoms with Gasteiger partial charge in [-0.3, -0.25) is 14.7 Å². The van der Waals surface area contributed by atoms with E-state index in [1.54, 1.807) is 12.4 Å². The molecular formula is C26H35N3O3. The first kappa shape index (κ1) is 22.9. The van der Waals surface area contributed by atoms with Crippen molar-refractivity contribution in [2.24, 2.45) is 0 Å². The SMILES string of the molecule is Cc1cncc(C(=O)NC[C@@]2(c3ccccc3)CC[C@H](O)[C@@H](N3CCC(O)CC3)CC2)c1. The zero-order valence-corrected chi connectivity index (χ0v) is 18.9. The maximum absolute atomic E-state index is 12.9. The van der Waals surface area contributed by atoms with Crippen LogP contribution in [0, 0.1) is 6.92 Å². The van der Waals surface area contributed by atoms with Crippen LogP contribution in [0.2, 0.25) is 0 Å². The topological polar surface area (TPSA) is 85.7 Å². The van der Waals surface area contributed by atoms with Crippen LogP contribution in [0.4, 0.5) is 0 Å². The summed E-state index contributed by atoms with van der Waals surface area (Å²) in [6, 6.07) is 12.4. The van der Waals surface area contributed by atoms with Crippen molar-refractivity contribution in [3.63, 3.8) is 0 Å². The third-order valence-electron chi connectivity index (χ3n) is 7.36. The van der Waals surface area contributed by atoms with Gasteiger partial charge in [0.25, 0.3) is 5.91 Å². The lowest BCUT2D eigenvalue weighted by molar-refractivity contribution is 0.00482. The number of aliphatic hydroxyl groups is 2. The molecule has 1 aliphatic heterocycles. The van der Waals surface area contributed by atoms with Crippen LogP contribution in [0.5, 0.6) is 0 Å². The Balaban J connectivity index is 1.52. The highest BCUT2D eigenvalue weighted by Crippen LogP contribution is 2.39. The number of pyridine rings is 1. The van der Waals surface area contributed by atoms with Gasteiger partial charge in [-0.15, -0.1) is 0 Å². The summed E-state index contributed by atoms with van der Waals surface area (Å²) < 4.78 is 0. The molecule has 0 spiro atoms. The van der Waals surface area contributed by atoms with Gasteiger partial charge in [0.05, 0.1) is 17.8 Å². The molecule has 6 heteroatoms. The fourth-order valence-electron chi connectivity index (χ4n) is 5.39. The Morgan fingerprint density at radius 3 is 2.53 bits per heavy atom. The minimum atomic E-state index is -0.396. The summed E-state index contributed by atoms with van der Waals surface area (Å²) in [5.74, 6) is -0.108. The van der Waals surface area contributed by atoms with Crippen LogP contribution < -0.4 is 5.32 Å². The molecule has 6 nitrogen and oxygen atoms in total. The normalized spacial score (nSPS) is 27.6. The molecule has 1 amide bonds.